The van der Waals surface area contributed by atoms with Gasteiger partial charge in [-0.3, -0.25) is 9.59 Å². The molecule has 0 rings (SSSR count). The van der Waals surface area contributed by atoms with Crippen molar-refractivity contribution in [3.8, 4) is 0 Å². The Kier molecular flexibility index (Phi) is 46.0. The topological polar surface area (TPSA) is 95.9 Å². The van der Waals surface area contributed by atoms with E-state index >= 15 is 0 Å². The van der Waals surface area contributed by atoms with E-state index in [1.807, 2.05) is 0 Å². The van der Waals surface area contributed by atoms with Crippen LogP contribution in [0.1, 0.15) is 297 Å². The summed E-state index contributed by atoms with van der Waals surface area (Å²) in [5.74, 6) is -0.457. The maximum atomic E-state index is 13.1. The van der Waals surface area contributed by atoms with Crippen LogP contribution in [-0.4, -0.2) is 46.9 Å². The molecule has 0 aliphatic rings. The number of carbonyl (C=O) groups excluding carboxylic acids is 2. The monoisotopic (exact) mass is 822 g/mol. The highest BCUT2D eigenvalue weighted by atomic mass is 16.5. The van der Waals surface area contributed by atoms with Crippen LogP contribution in [0.5, 0.6) is 0 Å². The lowest BCUT2D eigenvalue weighted by Crippen LogP contribution is -2.46. The van der Waals surface area contributed by atoms with Crippen LogP contribution in [-0.2, 0) is 14.3 Å². The van der Waals surface area contributed by atoms with E-state index in [1.54, 1.807) is 0 Å². The zero-order valence-electron chi connectivity index (χ0n) is 39.5. The maximum absolute atomic E-state index is 13.1. The summed E-state index contributed by atoms with van der Waals surface area (Å²) in [6.45, 7) is 6.49. The van der Waals surface area contributed by atoms with Gasteiger partial charge < -0.3 is 20.3 Å². The fourth-order valence-corrected chi connectivity index (χ4v) is 8.43. The van der Waals surface area contributed by atoms with Crippen molar-refractivity contribution in [3.63, 3.8) is 0 Å². The average Bonchev–Trinajstić information content (AvgIpc) is 3.21. The van der Waals surface area contributed by atoms with Crippen LogP contribution in [0, 0.1) is 0 Å². The molecule has 3 atom stereocenters. The van der Waals surface area contributed by atoms with Crippen molar-refractivity contribution in [2.24, 2.45) is 0 Å². The molecule has 3 N–H and O–H groups in total. The zero-order chi connectivity index (χ0) is 42.4. The van der Waals surface area contributed by atoms with Crippen molar-refractivity contribution in [2.45, 2.75) is 315 Å². The minimum absolute atomic E-state index is 0.0861. The van der Waals surface area contributed by atoms with Crippen LogP contribution < -0.4 is 5.32 Å². The number of rotatable bonds is 48. The normalized spacial score (nSPS) is 13.1. The smallest absolute Gasteiger partial charge is 0.306 e. The second kappa shape index (κ2) is 46.9. The van der Waals surface area contributed by atoms with E-state index in [-0.39, 0.29) is 24.9 Å². The molecule has 0 radical (unpaired) electrons. The fraction of sp³-hybridized carbons (Fsp3) is 0.962. The van der Waals surface area contributed by atoms with Gasteiger partial charge in [0.25, 0.3) is 0 Å². The molecular weight excluding hydrogens is 719 g/mol. The van der Waals surface area contributed by atoms with Gasteiger partial charge in [0.15, 0.2) is 0 Å². The Morgan fingerprint density at radius 3 is 1.05 bits per heavy atom. The molecule has 0 bridgehead atoms. The standard InChI is InChI=1S/C52H103NO5/c1-4-7-10-13-16-18-20-22-24-26-28-30-32-35-38-41-44-50(55)49(47-54)53-51(56)46-48(43-40-37-34-15-12-9-6-3)58-52(57)45-42-39-36-33-31-29-27-25-23-21-19-17-14-11-8-5-2/h48-50,54-55H,4-47H2,1-3H3,(H,53,56). The summed E-state index contributed by atoms with van der Waals surface area (Å²) in [7, 11) is 0. The average molecular weight is 822 g/mol. The number of hydrogen-bond donors (Lipinski definition) is 3. The van der Waals surface area contributed by atoms with Crippen molar-refractivity contribution in [3.05, 3.63) is 0 Å². The van der Waals surface area contributed by atoms with Gasteiger partial charge in [-0.15, -0.1) is 0 Å². The molecule has 6 heteroatoms. The van der Waals surface area contributed by atoms with Crippen LogP contribution in [0.2, 0.25) is 0 Å². The van der Waals surface area contributed by atoms with Crippen molar-refractivity contribution in [1.29, 1.82) is 0 Å². The van der Waals surface area contributed by atoms with E-state index < -0.39 is 18.2 Å². The van der Waals surface area contributed by atoms with Gasteiger partial charge in [0.2, 0.25) is 5.91 Å². The van der Waals surface area contributed by atoms with Crippen LogP contribution in [0.25, 0.3) is 0 Å². The lowest BCUT2D eigenvalue weighted by molar-refractivity contribution is -0.151. The van der Waals surface area contributed by atoms with Gasteiger partial charge >= 0.3 is 5.97 Å². The number of carbonyl (C=O) groups is 2. The first-order valence-electron chi connectivity index (χ1n) is 26.3. The van der Waals surface area contributed by atoms with Crippen molar-refractivity contribution >= 4 is 11.9 Å². The molecule has 0 fully saturated rings. The van der Waals surface area contributed by atoms with Crippen LogP contribution in [0.15, 0.2) is 0 Å². The maximum Gasteiger partial charge on any atom is 0.306 e. The quantitative estimate of drug-likeness (QED) is 0.0420. The first-order valence-corrected chi connectivity index (χ1v) is 26.3. The van der Waals surface area contributed by atoms with E-state index in [9.17, 15) is 19.8 Å². The van der Waals surface area contributed by atoms with Gasteiger partial charge in [0.05, 0.1) is 25.2 Å². The third-order valence-electron chi connectivity index (χ3n) is 12.4. The van der Waals surface area contributed by atoms with E-state index in [0.717, 1.165) is 38.5 Å². The van der Waals surface area contributed by atoms with Crippen LogP contribution >= 0.6 is 0 Å². The van der Waals surface area contributed by atoms with Gasteiger partial charge in [-0.25, -0.2) is 0 Å². The summed E-state index contributed by atoms with van der Waals surface area (Å²) in [5.41, 5.74) is 0. The fourth-order valence-electron chi connectivity index (χ4n) is 8.43. The predicted molar refractivity (Wildman–Crippen MR) is 250 cm³/mol. The zero-order valence-corrected chi connectivity index (χ0v) is 39.5. The lowest BCUT2D eigenvalue weighted by Gasteiger charge is -2.24. The predicted octanol–water partition coefficient (Wildman–Crippen LogP) is 15.6. The van der Waals surface area contributed by atoms with Gasteiger partial charge in [-0.05, 0) is 25.7 Å². The Morgan fingerprint density at radius 2 is 0.724 bits per heavy atom. The van der Waals surface area contributed by atoms with Gasteiger partial charge in [-0.2, -0.15) is 0 Å². The largest absolute Gasteiger partial charge is 0.462 e. The summed E-state index contributed by atoms with van der Waals surface area (Å²) in [6.07, 6.45) is 50.4. The highest BCUT2D eigenvalue weighted by Crippen LogP contribution is 2.19. The molecule has 0 spiro atoms. The number of nitrogens with one attached hydrogen (secondary N) is 1. The number of unbranched alkanes of at least 4 members (excludes halogenated alkanes) is 36. The Bertz CT molecular complexity index is 837. The first kappa shape index (κ1) is 56.9. The molecule has 6 nitrogen and oxygen atoms in total. The Balaban J connectivity index is 4.28. The number of hydrogen-bond acceptors (Lipinski definition) is 5. The van der Waals surface area contributed by atoms with Crippen molar-refractivity contribution < 1.29 is 24.5 Å². The van der Waals surface area contributed by atoms with E-state index in [2.05, 4.69) is 26.1 Å². The molecule has 0 heterocycles. The molecule has 3 unspecified atom stereocenters. The number of amides is 1. The Labute approximate surface area is 362 Å². The summed E-state index contributed by atoms with van der Waals surface area (Å²) in [6, 6.07) is -0.691. The van der Waals surface area contributed by atoms with Crippen LogP contribution in [0.4, 0.5) is 0 Å². The summed E-state index contributed by atoms with van der Waals surface area (Å²) < 4.78 is 5.91. The molecule has 0 aromatic heterocycles. The third-order valence-corrected chi connectivity index (χ3v) is 12.4. The van der Waals surface area contributed by atoms with E-state index in [1.165, 1.54) is 212 Å². The molecule has 0 aromatic carbocycles. The molecule has 0 aromatic rings. The highest BCUT2D eigenvalue weighted by molar-refractivity contribution is 5.77. The van der Waals surface area contributed by atoms with Gasteiger partial charge in [0.1, 0.15) is 6.10 Å². The molecule has 0 aliphatic heterocycles. The summed E-state index contributed by atoms with van der Waals surface area (Å²) in [4.78, 5) is 26.0. The first-order chi connectivity index (χ1) is 28.5. The molecular formula is C52H103NO5. The van der Waals surface area contributed by atoms with Gasteiger partial charge in [0, 0.05) is 6.42 Å². The Morgan fingerprint density at radius 1 is 0.431 bits per heavy atom. The van der Waals surface area contributed by atoms with Gasteiger partial charge in [-0.1, -0.05) is 258 Å². The van der Waals surface area contributed by atoms with Crippen LogP contribution in [0.3, 0.4) is 0 Å². The summed E-state index contributed by atoms with van der Waals surface area (Å²) >= 11 is 0. The van der Waals surface area contributed by atoms with E-state index in [4.69, 9.17) is 4.74 Å². The second-order valence-electron chi connectivity index (χ2n) is 18.3. The minimum atomic E-state index is -0.778. The molecule has 0 saturated heterocycles. The molecule has 0 aliphatic carbocycles. The SMILES string of the molecule is CCCCCCCCCCCCCCCCCCC(=O)OC(CCCCCCCCC)CC(=O)NC(CO)C(O)CCCCCCCCCCCCCCCCCC. The molecule has 346 valence electrons. The van der Waals surface area contributed by atoms with Crippen molar-refractivity contribution in [2.75, 3.05) is 6.61 Å². The highest BCUT2D eigenvalue weighted by Gasteiger charge is 2.24. The third kappa shape index (κ3) is 41.6. The summed E-state index contributed by atoms with van der Waals surface area (Å²) in [5, 5.41) is 23.7. The molecule has 58 heavy (non-hydrogen) atoms. The minimum Gasteiger partial charge on any atom is -0.462 e. The molecule has 1 amide bonds. The molecule has 0 saturated carbocycles. The number of aliphatic hydroxyl groups excluding tert-OH is 2. The van der Waals surface area contributed by atoms with E-state index in [0.29, 0.717) is 19.3 Å². The Hall–Kier alpha value is -1.14. The number of ether oxygens (including phenoxy) is 1. The lowest BCUT2D eigenvalue weighted by atomic mass is 10.0. The number of esters is 1. The van der Waals surface area contributed by atoms with Crippen molar-refractivity contribution in [1.82, 2.24) is 5.32 Å². The number of aliphatic hydroxyl groups is 2. The second-order valence-corrected chi connectivity index (χ2v) is 18.3.